The monoisotopic (exact) mass is 301 g/mol. The van der Waals surface area contributed by atoms with Crippen molar-refractivity contribution in [3.63, 3.8) is 0 Å². The van der Waals surface area contributed by atoms with E-state index in [-0.39, 0.29) is 9.33 Å². The van der Waals surface area contributed by atoms with Crippen LogP contribution in [0.4, 0.5) is 0 Å². The summed E-state index contributed by atoms with van der Waals surface area (Å²) in [6.07, 6.45) is 8.99. The van der Waals surface area contributed by atoms with Crippen LogP contribution in [0.25, 0.3) is 0 Å². The molecule has 74 valence electrons. The molecule has 0 spiro atoms. The molecule has 1 atom stereocenters. The minimum atomic E-state index is 0.0629. The first-order valence-corrected chi connectivity index (χ1v) is 5.71. The molecule has 1 aliphatic heterocycles. The van der Waals surface area contributed by atoms with Crippen molar-refractivity contribution in [3.05, 3.63) is 35.5 Å². The zero-order valence-electron chi connectivity index (χ0n) is 8.01. The lowest BCUT2D eigenvalue weighted by Gasteiger charge is -2.20. The molecular weight excluding hydrogens is 289 g/mol. The first kappa shape index (κ1) is 9.96. The molecule has 1 amide bonds. The number of hydrogen-bond acceptors (Lipinski definition) is 1. The summed E-state index contributed by atoms with van der Waals surface area (Å²) in [4.78, 5) is 11.2. The molecule has 0 aromatic carbocycles. The van der Waals surface area contributed by atoms with Crippen LogP contribution in [0.3, 0.4) is 0 Å². The van der Waals surface area contributed by atoms with Crippen molar-refractivity contribution < 1.29 is 4.79 Å². The molecule has 1 saturated heterocycles. The quantitative estimate of drug-likeness (QED) is 0.539. The van der Waals surface area contributed by atoms with Gasteiger partial charge in [-0.3, -0.25) is 4.79 Å². The largest absolute Gasteiger partial charge is 0.352 e. The Kier molecular flexibility index (Phi) is 2.51. The maximum atomic E-state index is 11.2. The third-order valence-electron chi connectivity index (χ3n) is 2.42. The van der Waals surface area contributed by atoms with Gasteiger partial charge in [-0.1, -0.05) is 46.9 Å². The number of alkyl halides is 1. The molecule has 3 heteroatoms. The molecule has 0 saturated carbocycles. The lowest BCUT2D eigenvalue weighted by atomic mass is 9.97. The summed E-state index contributed by atoms with van der Waals surface area (Å²) in [6, 6.07) is 0. The zero-order valence-corrected chi connectivity index (χ0v) is 10.2. The van der Waals surface area contributed by atoms with Crippen LogP contribution < -0.4 is 5.32 Å². The Labute approximate surface area is 97.3 Å². The van der Waals surface area contributed by atoms with Crippen molar-refractivity contribution in [3.8, 4) is 0 Å². The molecule has 2 aliphatic rings. The van der Waals surface area contributed by atoms with Crippen LogP contribution in [-0.2, 0) is 4.79 Å². The number of fused-ring (bicyclic) bond motifs is 1. The fraction of sp³-hybridized carbons (Fsp3) is 0.364. The van der Waals surface area contributed by atoms with Crippen molar-refractivity contribution in [2.45, 2.75) is 16.8 Å². The molecule has 0 aromatic rings. The van der Waals surface area contributed by atoms with Crippen molar-refractivity contribution in [1.29, 1.82) is 0 Å². The molecule has 1 unspecified atom stereocenters. The van der Waals surface area contributed by atoms with E-state index in [2.05, 4.69) is 53.1 Å². The standard InChI is InChI=1S/C11H12INO/c1-11(12)4-2-3-8-5-10(14)13-7-9(8)6-11/h2-4,6H,5,7H2,1H3,(H,13,14). The van der Waals surface area contributed by atoms with Crippen molar-refractivity contribution in [2.24, 2.45) is 0 Å². The van der Waals surface area contributed by atoms with Crippen LogP contribution in [0.5, 0.6) is 0 Å². The van der Waals surface area contributed by atoms with Crippen LogP contribution >= 0.6 is 22.6 Å². The minimum Gasteiger partial charge on any atom is -0.352 e. The Balaban J connectivity index is 2.35. The Bertz CT molecular complexity index is 363. The highest BCUT2D eigenvalue weighted by Gasteiger charge is 2.22. The van der Waals surface area contributed by atoms with E-state index in [1.165, 1.54) is 5.57 Å². The fourth-order valence-electron chi connectivity index (χ4n) is 1.71. The number of nitrogens with one attached hydrogen (secondary N) is 1. The third kappa shape index (κ3) is 2.08. The number of allylic oxidation sites excluding steroid dienone is 4. The van der Waals surface area contributed by atoms with Gasteiger partial charge in [-0.05, 0) is 18.1 Å². The smallest absolute Gasteiger partial charge is 0.224 e. The van der Waals surface area contributed by atoms with E-state index >= 15 is 0 Å². The SMILES string of the molecule is CC1(I)C=CC=C2CC(=O)NCC2=C1. The third-order valence-corrected chi connectivity index (χ3v) is 3.09. The molecule has 14 heavy (non-hydrogen) atoms. The maximum absolute atomic E-state index is 11.2. The van der Waals surface area contributed by atoms with Gasteiger partial charge in [-0.25, -0.2) is 0 Å². The lowest BCUT2D eigenvalue weighted by Crippen LogP contribution is -2.32. The molecule has 1 fully saturated rings. The van der Waals surface area contributed by atoms with Gasteiger partial charge in [0.1, 0.15) is 0 Å². The summed E-state index contributed by atoms with van der Waals surface area (Å²) < 4.78 is 0.0629. The van der Waals surface area contributed by atoms with Gasteiger partial charge in [0.15, 0.2) is 0 Å². The molecule has 0 bridgehead atoms. The molecule has 0 radical (unpaired) electrons. The summed E-state index contributed by atoms with van der Waals surface area (Å²) in [6.45, 7) is 2.83. The average molecular weight is 301 g/mol. The van der Waals surface area contributed by atoms with Crippen LogP contribution in [0.1, 0.15) is 13.3 Å². The van der Waals surface area contributed by atoms with Gasteiger partial charge in [0.25, 0.3) is 0 Å². The second-order valence-electron chi connectivity index (χ2n) is 3.83. The van der Waals surface area contributed by atoms with Crippen molar-refractivity contribution in [1.82, 2.24) is 5.32 Å². The van der Waals surface area contributed by atoms with E-state index in [0.717, 1.165) is 5.57 Å². The first-order chi connectivity index (χ1) is 6.57. The Morgan fingerprint density at radius 3 is 3.07 bits per heavy atom. The topological polar surface area (TPSA) is 29.1 Å². The highest BCUT2D eigenvalue weighted by Crippen LogP contribution is 2.30. The number of amides is 1. The van der Waals surface area contributed by atoms with Crippen LogP contribution in [0.15, 0.2) is 35.5 Å². The van der Waals surface area contributed by atoms with Crippen molar-refractivity contribution >= 4 is 28.5 Å². The Morgan fingerprint density at radius 2 is 2.29 bits per heavy atom. The number of carbonyl (C=O) groups excluding carboxylic acids is 1. The second kappa shape index (κ2) is 3.53. The normalized spacial score (nSPS) is 31.1. The Hall–Kier alpha value is -0.580. The Morgan fingerprint density at radius 1 is 1.50 bits per heavy atom. The summed E-state index contributed by atoms with van der Waals surface area (Å²) >= 11 is 2.40. The van der Waals surface area contributed by atoms with E-state index in [9.17, 15) is 4.79 Å². The van der Waals surface area contributed by atoms with Gasteiger partial charge in [-0.2, -0.15) is 0 Å². The minimum absolute atomic E-state index is 0.0629. The molecule has 2 rings (SSSR count). The predicted molar refractivity (Wildman–Crippen MR) is 65.4 cm³/mol. The highest BCUT2D eigenvalue weighted by atomic mass is 127. The summed E-state index contributed by atoms with van der Waals surface area (Å²) in [5, 5.41) is 2.87. The highest BCUT2D eigenvalue weighted by molar-refractivity contribution is 14.1. The van der Waals surface area contributed by atoms with Crippen LogP contribution in [0.2, 0.25) is 0 Å². The second-order valence-corrected chi connectivity index (χ2v) is 6.15. The molecule has 0 aromatic heterocycles. The van der Waals surface area contributed by atoms with Crippen LogP contribution in [-0.4, -0.2) is 15.9 Å². The number of halogens is 1. The molecule has 1 N–H and O–H groups in total. The number of carbonyl (C=O) groups is 1. The van der Waals surface area contributed by atoms with Crippen LogP contribution in [0, 0.1) is 0 Å². The van der Waals surface area contributed by atoms with Gasteiger partial charge in [0, 0.05) is 6.54 Å². The summed E-state index contributed by atoms with van der Waals surface area (Å²) in [5.41, 5.74) is 2.41. The maximum Gasteiger partial charge on any atom is 0.224 e. The first-order valence-electron chi connectivity index (χ1n) is 4.63. The number of hydrogen-bond donors (Lipinski definition) is 1. The van der Waals surface area contributed by atoms with Gasteiger partial charge >= 0.3 is 0 Å². The van der Waals surface area contributed by atoms with Gasteiger partial charge in [0.2, 0.25) is 5.91 Å². The van der Waals surface area contributed by atoms with E-state index in [1.807, 2.05) is 6.08 Å². The predicted octanol–water partition coefficient (Wildman–Crippen LogP) is 2.12. The molecule has 1 aliphatic carbocycles. The zero-order chi connectivity index (χ0) is 10.2. The van der Waals surface area contributed by atoms with E-state index < -0.39 is 0 Å². The summed E-state index contributed by atoms with van der Waals surface area (Å²) in [7, 11) is 0. The lowest BCUT2D eigenvalue weighted by molar-refractivity contribution is -0.120. The molecular formula is C11H12INO. The van der Waals surface area contributed by atoms with Gasteiger partial charge < -0.3 is 5.32 Å². The number of piperidine rings is 1. The average Bonchev–Trinajstić information content (AvgIpc) is 2.22. The number of rotatable bonds is 0. The summed E-state index contributed by atoms with van der Waals surface area (Å²) in [5.74, 6) is 0.124. The van der Waals surface area contributed by atoms with E-state index in [1.54, 1.807) is 0 Å². The van der Waals surface area contributed by atoms with Gasteiger partial charge in [0.05, 0.1) is 9.84 Å². The molecule has 1 heterocycles. The molecule has 2 nitrogen and oxygen atoms in total. The fourth-order valence-corrected chi connectivity index (χ4v) is 2.29. The van der Waals surface area contributed by atoms with E-state index in [4.69, 9.17) is 0 Å². The van der Waals surface area contributed by atoms with Gasteiger partial charge in [-0.15, -0.1) is 0 Å². The van der Waals surface area contributed by atoms with Crippen molar-refractivity contribution in [2.75, 3.05) is 6.54 Å². The van der Waals surface area contributed by atoms with E-state index in [0.29, 0.717) is 13.0 Å².